The van der Waals surface area contributed by atoms with Crippen LogP contribution in [0.4, 0.5) is 0 Å². The number of ether oxygens (including phenoxy) is 1. The Morgan fingerprint density at radius 2 is 1.46 bits per heavy atom. The zero-order valence-corrected chi connectivity index (χ0v) is 33.0. The van der Waals surface area contributed by atoms with E-state index in [1.165, 1.54) is 4.31 Å². The molecule has 3 fully saturated rings. The highest BCUT2D eigenvalue weighted by molar-refractivity contribution is 7.89. The van der Waals surface area contributed by atoms with Crippen LogP contribution in [0.1, 0.15) is 61.4 Å². The van der Waals surface area contributed by atoms with Gasteiger partial charge in [-0.3, -0.25) is 25.1 Å². The Bertz CT molecular complexity index is 1890. The molecular weight excluding hydrogens is 749 g/mol. The summed E-state index contributed by atoms with van der Waals surface area (Å²) in [7, 11) is -2.20. The molecule has 15 heteroatoms. The quantitative estimate of drug-likeness (QED) is 0.262. The number of sulfonamides is 1. The summed E-state index contributed by atoms with van der Waals surface area (Å²) in [5, 5.41) is 17.4. The van der Waals surface area contributed by atoms with Gasteiger partial charge in [0.25, 0.3) is 5.91 Å². The minimum Gasteiger partial charge on any atom is -0.493 e. The highest BCUT2D eigenvalue weighted by Gasteiger charge is 2.55. The number of rotatable bonds is 12. The number of nitriles is 1. The Morgan fingerprint density at radius 3 is 2.00 bits per heavy atom. The van der Waals surface area contributed by atoms with E-state index < -0.39 is 27.8 Å². The fourth-order valence-corrected chi connectivity index (χ4v) is 9.26. The van der Waals surface area contributed by atoms with E-state index in [4.69, 9.17) is 33.2 Å². The molecule has 0 spiro atoms. The number of hydrogen-bond donors (Lipinski definition) is 2. The number of carbonyl (C=O) groups excluding carboxylic acids is 2. The van der Waals surface area contributed by atoms with Gasteiger partial charge in [0.1, 0.15) is 5.75 Å². The summed E-state index contributed by atoms with van der Waals surface area (Å²) in [6, 6.07) is 20.8. The van der Waals surface area contributed by atoms with Crippen molar-refractivity contribution in [2.75, 3.05) is 66.0 Å². The number of benzene rings is 3. The number of amides is 2. The lowest BCUT2D eigenvalue weighted by molar-refractivity contribution is -0.142. The Hall–Kier alpha value is -3.74. The van der Waals surface area contributed by atoms with E-state index in [9.17, 15) is 13.2 Å². The SMILES string of the molecule is CCOc1ccc(S(=O)(=O)N2CCCCC2)cc1C1(C(=O)N2CCN(CC(=O)N(C)CCC#N)CC2)N[C@H](c2ccc(Cl)cc2)[C@H](c2ccc(Cl)cc2)N1. The van der Waals surface area contributed by atoms with Gasteiger partial charge >= 0.3 is 0 Å². The number of piperidine rings is 1. The molecule has 3 saturated heterocycles. The molecule has 3 atom stereocenters. The fraction of sp³-hybridized carbons (Fsp3) is 0.462. The summed E-state index contributed by atoms with van der Waals surface area (Å²) in [6.45, 7) is 5.07. The Kier molecular flexibility index (Phi) is 12.9. The molecule has 2 amide bonds. The average molecular weight is 797 g/mol. The van der Waals surface area contributed by atoms with Crippen molar-refractivity contribution in [1.82, 2.24) is 29.6 Å². The van der Waals surface area contributed by atoms with Crippen LogP contribution >= 0.6 is 23.2 Å². The third-order valence-corrected chi connectivity index (χ3v) is 12.9. The van der Waals surface area contributed by atoms with Gasteiger partial charge < -0.3 is 14.5 Å². The maximum Gasteiger partial charge on any atom is 0.262 e. The molecule has 1 unspecified atom stereocenters. The van der Waals surface area contributed by atoms with Gasteiger partial charge in [0, 0.05) is 68.5 Å². The lowest BCUT2D eigenvalue weighted by Gasteiger charge is -2.41. The maximum absolute atomic E-state index is 15.4. The van der Waals surface area contributed by atoms with Crippen molar-refractivity contribution in [1.29, 1.82) is 5.26 Å². The van der Waals surface area contributed by atoms with E-state index >= 15 is 4.79 Å². The molecule has 288 valence electrons. The minimum absolute atomic E-state index is 0.0838. The molecule has 3 heterocycles. The molecule has 3 aromatic rings. The first-order chi connectivity index (χ1) is 26.0. The Morgan fingerprint density at radius 1 is 0.889 bits per heavy atom. The highest BCUT2D eigenvalue weighted by Crippen LogP contribution is 2.45. The number of carbonyl (C=O) groups is 2. The van der Waals surface area contributed by atoms with Crippen LogP contribution in [0.25, 0.3) is 0 Å². The van der Waals surface area contributed by atoms with Crippen LogP contribution in [0, 0.1) is 11.3 Å². The van der Waals surface area contributed by atoms with Crippen molar-refractivity contribution < 1.29 is 22.7 Å². The zero-order valence-electron chi connectivity index (χ0n) is 30.6. The summed E-state index contributed by atoms with van der Waals surface area (Å²) in [5.74, 6) is -0.0199. The van der Waals surface area contributed by atoms with Gasteiger partial charge in [0.05, 0.1) is 42.6 Å². The molecule has 3 aliphatic rings. The van der Waals surface area contributed by atoms with Crippen molar-refractivity contribution in [3.05, 3.63) is 93.5 Å². The van der Waals surface area contributed by atoms with Crippen LogP contribution in [0.5, 0.6) is 5.75 Å². The first-order valence-corrected chi connectivity index (χ1v) is 20.6. The van der Waals surface area contributed by atoms with Crippen LogP contribution in [-0.4, -0.2) is 105 Å². The topological polar surface area (TPSA) is 138 Å². The van der Waals surface area contributed by atoms with Gasteiger partial charge in [-0.1, -0.05) is 53.9 Å². The summed E-state index contributed by atoms with van der Waals surface area (Å²) >= 11 is 12.7. The lowest BCUT2D eigenvalue weighted by atomic mass is 9.95. The van der Waals surface area contributed by atoms with Crippen molar-refractivity contribution >= 4 is 45.0 Å². The van der Waals surface area contributed by atoms with Crippen LogP contribution in [0.15, 0.2) is 71.6 Å². The van der Waals surface area contributed by atoms with E-state index in [1.54, 1.807) is 59.3 Å². The summed E-state index contributed by atoms with van der Waals surface area (Å²) in [6.07, 6.45) is 2.80. The number of nitrogens with zero attached hydrogens (tertiary/aromatic N) is 5. The first-order valence-electron chi connectivity index (χ1n) is 18.4. The second-order valence-electron chi connectivity index (χ2n) is 13.9. The van der Waals surface area contributed by atoms with Crippen molar-refractivity contribution in [2.24, 2.45) is 0 Å². The first kappa shape index (κ1) is 39.9. The van der Waals surface area contributed by atoms with E-state index in [-0.39, 0.29) is 36.3 Å². The fourth-order valence-electron chi connectivity index (χ4n) is 7.46. The van der Waals surface area contributed by atoms with E-state index in [0.29, 0.717) is 67.2 Å². The molecule has 0 radical (unpaired) electrons. The van der Waals surface area contributed by atoms with E-state index in [0.717, 1.165) is 30.4 Å². The van der Waals surface area contributed by atoms with Gasteiger partial charge in [-0.25, -0.2) is 8.42 Å². The summed E-state index contributed by atoms with van der Waals surface area (Å²) < 4.78 is 36.0. The third-order valence-electron chi connectivity index (χ3n) is 10.5. The van der Waals surface area contributed by atoms with Gasteiger partial charge in [0.15, 0.2) is 5.66 Å². The van der Waals surface area contributed by atoms with Crippen LogP contribution in [0.2, 0.25) is 10.0 Å². The van der Waals surface area contributed by atoms with Gasteiger partial charge in [0.2, 0.25) is 15.9 Å². The molecule has 6 rings (SSSR count). The number of likely N-dealkylation sites (N-methyl/N-ethyl adjacent to an activating group) is 1. The molecule has 54 heavy (non-hydrogen) atoms. The van der Waals surface area contributed by atoms with Crippen molar-refractivity contribution in [3.63, 3.8) is 0 Å². The van der Waals surface area contributed by atoms with Crippen LogP contribution < -0.4 is 15.4 Å². The molecule has 2 N–H and O–H groups in total. The molecule has 12 nitrogen and oxygen atoms in total. The van der Waals surface area contributed by atoms with Crippen LogP contribution in [-0.2, 0) is 25.3 Å². The second kappa shape index (κ2) is 17.4. The Balaban J connectivity index is 1.43. The Labute approximate surface area is 328 Å². The molecule has 3 aliphatic heterocycles. The highest BCUT2D eigenvalue weighted by atomic mass is 35.5. The monoisotopic (exact) mass is 795 g/mol. The molecule has 0 bridgehead atoms. The zero-order chi connectivity index (χ0) is 38.5. The molecule has 0 aromatic heterocycles. The maximum atomic E-state index is 15.4. The molecule has 0 saturated carbocycles. The van der Waals surface area contributed by atoms with Gasteiger partial charge in [-0.15, -0.1) is 0 Å². The molecular formula is C39H47Cl2N7O5S. The van der Waals surface area contributed by atoms with Crippen LogP contribution in [0.3, 0.4) is 0 Å². The number of nitrogens with one attached hydrogen (secondary N) is 2. The number of halogens is 2. The van der Waals surface area contributed by atoms with E-state index in [1.807, 2.05) is 36.1 Å². The van der Waals surface area contributed by atoms with Crippen molar-refractivity contribution in [3.8, 4) is 11.8 Å². The van der Waals surface area contributed by atoms with E-state index in [2.05, 4.69) is 16.7 Å². The summed E-state index contributed by atoms with van der Waals surface area (Å²) in [5.41, 5.74) is 0.433. The molecule has 3 aromatic carbocycles. The second-order valence-corrected chi connectivity index (χ2v) is 16.8. The number of piperazine rings is 1. The third kappa shape index (κ3) is 8.55. The lowest BCUT2D eigenvalue weighted by Crippen LogP contribution is -2.62. The van der Waals surface area contributed by atoms with Gasteiger partial charge in [-0.05, 0) is 73.4 Å². The normalized spacial score (nSPS) is 22.5. The standard InChI is InChI=1S/C39H47Cl2N7O5S/c1-3-53-34-17-16-32(54(51,52)48-20-5-4-6-21-48)26-33(34)39(38(50)47-24-22-46(23-25-47)27-35(49)45(2)19-7-18-42)43-36(28-8-12-30(40)13-9-28)37(44-39)29-10-14-31(41)15-11-29/h8-17,26,36-37,43-44H,3-7,19-25,27H2,1-2H3/t36-,37+,39?. The van der Waals surface area contributed by atoms with Crippen molar-refractivity contribution in [2.45, 2.75) is 55.2 Å². The largest absolute Gasteiger partial charge is 0.493 e. The minimum atomic E-state index is -3.89. The number of hydrogen-bond acceptors (Lipinski definition) is 9. The average Bonchev–Trinajstić information content (AvgIpc) is 3.59. The predicted molar refractivity (Wildman–Crippen MR) is 207 cm³/mol. The van der Waals surface area contributed by atoms with Gasteiger partial charge in [-0.2, -0.15) is 9.57 Å². The smallest absolute Gasteiger partial charge is 0.262 e. The predicted octanol–water partition coefficient (Wildman–Crippen LogP) is 4.91. The molecule has 0 aliphatic carbocycles. The summed E-state index contributed by atoms with van der Waals surface area (Å²) in [4.78, 5) is 33.6.